The predicted octanol–water partition coefficient (Wildman–Crippen LogP) is 4.00. The molecule has 0 bridgehead atoms. The first-order valence-electron chi connectivity index (χ1n) is 6.10. The summed E-state index contributed by atoms with van der Waals surface area (Å²) in [5, 5.41) is 24.1. The van der Waals surface area contributed by atoms with Crippen molar-refractivity contribution < 1.29 is 10.2 Å². The van der Waals surface area contributed by atoms with Crippen LogP contribution in [-0.4, -0.2) is 10.2 Å². The van der Waals surface area contributed by atoms with Crippen LogP contribution in [0.2, 0.25) is 0 Å². The van der Waals surface area contributed by atoms with Gasteiger partial charge in [-0.15, -0.1) is 11.3 Å². The molecule has 2 aromatic carbocycles. The van der Waals surface area contributed by atoms with Gasteiger partial charge in [-0.2, -0.15) is 0 Å². The second-order valence-electron chi connectivity index (χ2n) is 4.68. The summed E-state index contributed by atoms with van der Waals surface area (Å²) in [7, 11) is 0. The van der Waals surface area contributed by atoms with E-state index in [1.165, 1.54) is 0 Å². The summed E-state index contributed by atoms with van der Waals surface area (Å²) in [5.41, 5.74) is 1.98. The van der Waals surface area contributed by atoms with Crippen LogP contribution in [-0.2, 0) is 0 Å². The molecule has 0 radical (unpaired) electrons. The molecule has 0 amide bonds. The molecular weight excluding hydrogens is 256 g/mol. The molecular formula is C16H14O2S. The summed E-state index contributed by atoms with van der Waals surface area (Å²) in [6, 6.07) is 13.0. The molecule has 0 aliphatic rings. The Hall–Kier alpha value is -1.84. The molecule has 1 unspecified atom stereocenters. The topological polar surface area (TPSA) is 40.5 Å². The summed E-state index contributed by atoms with van der Waals surface area (Å²) < 4.78 is 0. The number of aryl methyl sites for hydroxylation is 1. The van der Waals surface area contributed by atoms with E-state index in [1.54, 1.807) is 23.5 Å². The minimum absolute atomic E-state index is 0.217. The van der Waals surface area contributed by atoms with E-state index in [0.717, 1.165) is 26.8 Å². The second-order valence-corrected chi connectivity index (χ2v) is 5.62. The molecule has 1 atom stereocenters. The zero-order chi connectivity index (χ0) is 13.4. The van der Waals surface area contributed by atoms with Gasteiger partial charge in [-0.25, -0.2) is 0 Å². The van der Waals surface area contributed by atoms with E-state index in [2.05, 4.69) is 0 Å². The Kier molecular flexibility index (Phi) is 3.01. The fraction of sp³-hybridized carbons (Fsp3) is 0.125. The Bertz CT molecular complexity index is 730. The third kappa shape index (κ3) is 2.23. The van der Waals surface area contributed by atoms with Gasteiger partial charge in [0, 0.05) is 4.88 Å². The Morgan fingerprint density at radius 1 is 1.11 bits per heavy atom. The zero-order valence-electron chi connectivity index (χ0n) is 10.5. The van der Waals surface area contributed by atoms with Crippen molar-refractivity contribution in [1.82, 2.24) is 0 Å². The summed E-state index contributed by atoms with van der Waals surface area (Å²) in [4.78, 5) is 0.924. The monoisotopic (exact) mass is 270 g/mol. The Morgan fingerprint density at radius 3 is 2.68 bits per heavy atom. The van der Waals surface area contributed by atoms with E-state index in [4.69, 9.17) is 0 Å². The van der Waals surface area contributed by atoms with E-state index in [9.17, 15) is 10.2 Å². The summed E-state index contributed by atoms with van der Waals surface area (Å²) in [6.07, 6.45) is -0.649. The molecule has 3 rings (SSSR count). The van der Waals surface area contributed by atoms with Gasteiger partial charge in [0.15, 0.2) is 0 Å². The Balaban J connectivity index is 2.16. The minimum atomic E-state index is -0.649. The highest BCUT2D eigenvalue weighted by Crippen LogP contribution is 2.33. The van der Waals surface area contributed by atoms with Crippen molar-refractivity contribution in [3.63, 3.8) is 0 Å². The highest BCUT2D eigenvalue weighted by atomic mass is 32.1. The van der Waals surface area contributed by atoms with E-state index >= 15 is 0 Å². The van der Waals surface area contributed by atoms with Gasteiger partial charge in [0.05, 0.1) is 0 Å². The summed E-state index contributed by atoms with van der Waals surface area (Å²) >= 11 is 1.55. The lowest BCUT2D eigenvalue weighted by Gasteiger charge is -2.12. The van der Waals surface area contributed by atoms with Crippen molar-refractivity contribution in [3.8, 4) is 5.75 Å². The first-order valence-corrected chi connectivity index (χ1v) is 6.98. The fourth-order valence-electron chi connectivity index (χ4n) is 2.27. The number of hydrogen-bond acceptors (Lipinski definition) is 3. The third-order valence-corrected chi connectivity index (χ3v) is 4.32. The van der Waals surface area contributed by atoms with Crippen LogP contribution < -0.4 is 0 Å². The molecule has 0 spiro atoms. The lowest BCUT2D eigenvalue weighted by Crippen LogP contribution is -1.98. The molecule has 1 heterocycles. The van der Waals surface area contributed by atoms with E-state index in [-0.39, 0.29) is 5.75 Å². The van der Waals surface area contributed by atoms with Crippen LogP contribution in [0.15, 0.2) is 47.8 Å². The molecule has 3 heteroatoms. The van der Waals surface area contributed by atoms with E-state index in [1.807, 2.05) is 42.6 Å². The molecule has 19 heavy (non-hydrogen) atoms. The van der Waals surface area contributed by atoms with Crippen molar-refractivity contribution in [2.45, 2.75) is 13.0 Å². The number of aliphatic hydroxyl groups excluding tert-OH is 1. The van der Waals surface area contributed by atoms with Crippen molar-refractivity contribution in [2.24, 2.45) is 0 Å². The van der Waals surface area contributed by atoms with Crippen molar-refractivity contribution >= 4 is 22.1 Å². The number of rotatable bonds is 2. The van der Waals surface area contributed by atoms with Crippen LogP contribution in [0.3, 0.4) is 0 Å². The zero-order valence-corrected chi connectivity index (χ0v) is 11.3. The molecule has 2 N–H and O–H groups in total. The molecule has 3 aromatic rings. The molecule has 0 aliphatic carbocycles. The van der Waals surface area contributed by atoms with Gasteiger partial charge in [-0.1, -0.05) is 24.3 Å². The molecule has 2 nitrogen and oxygen atoms in total. The smallest absolute Gasteiger partial charge is 0.116 e. The third-order valence-electron chi connectivity index (χ3n) is 3.21. The number of phenols is 1. The quantitative estimate of drug-likeness (QED) is 0.739. The van der Waals surface area contributed by atoms with Gasteiger partial charge in [-0.05, 0) is 52.4 Å². The average molecular weight is 270 g/mol. The highest BCUT2D eigenvalue weighted by molar-refractivity contribution is 7.10. The number of thiophene rings is 1. The van der Waals surface area contributed by atoms with Crippen molar-refractivity contribution in [1.29, 1.82) is 0 Å². The van der Waals surface area contributed by atoms with Crippen LogP contribution in [0.5, 0.6) is 5.75 Å². The van der Waals surface area contributed by atoms with Gasteiger partial charge >= 0.3 is 0 Å². The number of benzene rings is 2. The maximum atomic E-state index is 10.5. The maximum absolute atomic E-state index is 10.5. The first-order chi connectivity index (χ1) is 9.15. The van der Waals surface area contributed by atoms with Crippen molar-refractivity contribution in [3.05, 3.63) is 63.8 Å². The molecule has 0 saturated carbocycles. The van der Waals surface area contributed by atoms with Crippen LogP contribution in [0.25, 0.3) is 10.8 Å². The van der Waals surface area contributed by atoms with Gasteiger partial charge in [-0.3, -0.25) is 0 Å². The lowest BCUT2D eigenvalue weighted by molar-refractivity contribution is 0.225. The normalized spacial score (nSPS) is 12.7. The average Bonchev–Trinajstić information content (AvgIpc) is 2.84. The van der Waals surface area contributed by atoms with Crippen molar-refractivity contribution in [2.75, 3.05) is 0 Å². The molecule has 0 aliphatic heterocycles. The van der Waals surface area contributed by atoms with Gasteiger partial charge in [0.1, 0.15) is 11.9 Å². The largest absolute Gasteiger partial charge is 0.508 e. The molecule has 0 fully saturated rings. The number of fused-ring (bicyclic) bond motifs is 1. The number of aliphatic hydroxyl groups is 1. The second kappa shape index (κ2) is 4.68. The maximum Gasteiger partial charge on any atom is 0.116 e. The van der Waals surface area contributed by atoms with Gasteiger partial charge in [0.25, 0.3) is 0 Å². The molecule has 96 valence electrons. The summed E-state index contributed by atoms with van der Waals surface area (Å²) in [6.45, 7) is 2.02. The van der Waals surface area contributed by atoms with E-state index in [0.29, 0.717) is 0 Å². The van der Waals surface area contributed by atoms with Gasteiger partial charge in [0.2, 0.25) is 0 Å². The number of phenolic OH excluding ortho intramolecular Hbond substituents is 1. The van der Waals surface area contributed by atoms with Crippen LogP contribution in [0, 0.1) is 6.92 Å². The first kappa shape index (κ1) is 12.2. The van der Waals surface area contributed by atoms with Crippen LogP contribution >= 0.6 is 11.3 Å². The SMILES string of the molecule is Cc1csc(C(O)c2cccc3ccc(O)cc23)c1. The highest BCUT2D eigenvalue weighted by Gasteiger charge is 2.15. The van der Waals surface area contributed by atoms with Crippen LogP contribution in [0.4, 0.5) is 0 Å². The lowest BCUT2D eigenvalue weighted by atomic mass is 9.99. The predicted molar refractivity (Wildman–Crippen MR) is 78.7 cm³/mol. The molecule has 1 aromatic heterocycles. The summed E-state index contributed by atoms with van der Waals surface area (Å²) in [5.74, 6) is 0.217. The minimum Gasteiger partial charge on any atom is -0.508 e. The molecule has 0 saturated heterocycles. The number of hydrogen-bond donors (Lipinski definition) is 2. The van der Waals surface area contributed by atoms with Crippen LogP contribution in [0.1, 0.15) is 22.1 Å². The van der Waals surface area contributed by atoms with Gasteiger partial charge < -0.3 is 10.2 Å². The Morgan fingerprint density at radius 2 is 1.95 bits per heavy atom. The fourth-order valence-corrected chi connectivity index (χ4v) is 3.17. The standard InChI is InChI=1S/C16H14O2S/c1-10-7-15(19-9-10)16(18)13-4-2-3-11-5-6-12(17)8-14(11)13/h2-9,16-18H,1H3. The Labute approximate surface area is 115 Å². The number of aromatic hydroxyl groups is 1. The van der Waals surface area contributed by atoms with E-state index < -0.39 is 6.10 Å².